The first-order valence-electron chi connectivity index (χ1n) is 5.44. The van der Waals surface area contributed by atoms with Crippen LogP contribution in [0.3, 0.4) is 0 Å². The summed E-state index contributed by atoms with van der Waals surface area (Å²) in [6, 6.07) is 0.770. The summed E-state index contributed by atoms with van der Waals surface area (Å²) in [4.78, 5) is 0. The molecule has 2 atom stereocenters. The lowest BCUT2D eigenvalue weighted by atomic mass is 10.2. The Morgan fingerprint density at radius 2 is 1.92 bits per heavy atom. The van der Waals surface area contributed by atoms with Gasteiger partial charge in [-0.2, -0.15) is 11.8 Å². The zero-order chi connectivity index (χ0) is 9.84. The Morgan fingerprint density at radius 1 is 1.31 bits per heavy atom. The smallest absolute Gasteiger partial charge is 0.0183 e. The van der Waals surface area contributed by atoms with Crippen LogP contribution < -0.4 is 5.32 Å². The summed E-state index contributed by atoms with van der Waals surface area (Å²) in [7, 11) is 2.10. The molecule has 0 aromatic heterocycles. The van der Waals surface area contributed by atoms with Gasteiger partial charge in [-0.25, -0.2) is 0 Å². The average molecular weight is 201 g/mol. The molecule has 0 aromatic carbocycles. The lowest BCUT2D eigenvalue weighted by Crippen LogP contribution is -2.30. The van der Waals surface area contributed by atoms with Gasteiger partial charge in [0, 0.05) is 17.0 Å². The van der Waals surface area contributed by atoms with Crippen LogP contribution in [0.1, 0.15) is 33.6 Å². The molecular formula is C11H23NS. The normalized spacial score (nSPS) is 21.9. The van der Waals surface area contributed by atoms with Crippen molar-refractivity contribution in [2.45, 2.75) is 44.9 Å². The highest BCUT2D eigenvalue weighted by molar-refractivity contribution is 7.99. The summed E-state index contributed by atoms with van der Waals surface area (Å²) in [5.74, 6) is 3.08. The second kappa shape index (κ2) is 5.26. The molecule has 1 aliphatic carbocycles. The molecule has 0 heterocycles. The molecular weight excluding hydrogens is 178 g/mol. The van der Waals surface area contributed by atoms with E-state index in [1.54, 1.807) is 0 Å². The van der Waals surface area contributed by atoms with Crippen molar-refractivity contribution in [1.82, 2.24) is 5.32 Å². The lowest BCUT2D eigenvalue weighted by Gasteiger charge is -2.20. The van der Waals surface area contributed by atoms with Gasteiger partial charge >= 0.3 is 0 Å². The van der Waals surface area contributed by atoms with Crippen LogP contribution >= 0.6 is 11.8 Å². The standard InChI is InChI=1S/C11H23NS/c1-8(2)9(3)13-7-11(12-4)10-5-6-10/h8-12H,5-7H2,1-4H3. The maximum atomic E-state index is 3.44. The summed E-state index contributed by atoms with van der Waals surface area (Å²) in [5.41, 5.74) is 0. The van der Waals surface area contributed by atoms with Crippen molar-refractivity contribution in [2.24, 2.45) is 11.8 Å². The minimum atomic E-state index is 0.770. The van der Waals surface area contributed by atoms with E-state index in [-0.39, 0.29) is 0 Å². The van der Waals surface area contributed by atoms with Crippen LogP contribution in [0.25, 0.3) is 0 Å². The molecule has 1 aliphatic rings. The number of rotatable bonds is 6. The van der Waals surface area contributed by atoms with Crippen LogP contribution in [-0.4, -0.2) is 24.1 Å². The molecule has 1 nitrogen and oxygen atoms in total. The van der Waals surface area contributed by atoms with E-state index in [0.29, 0.717) is 0 Å². The fraction of sp³-hybridized carbons (Fsp3) is 1.00. The molecule has 1 saturated carbocycles. The summed E-state index contributed by atoms with van der Waals surface area (Å²) in [6.45, 7) is 6.96. The summed E-state index contributed by atoms with van der Waals surface area (Å²) in [6.07, 6.45) is 2.89. The SMILES string of the molecule is CNC(CSC(C)C(C)C)C1CC1. The molecule has 1 rings (SSSR count). The third-order valence-electron chi connectivity index (χ3n) is 3.04. The molecule has 78 valence electrons. The first-order valence-corrected chi connectivity index (χ1v) is 6.49. The van der Waals surface area contributed by atoms with E-state index in [0.717, 1.165) is 23.1 Å². The Labute approximate surface area is 87.1 Å². The van der Waals surface area contributed by atoms with Crippen molar-refractivity contribution in [1.29, 1.82) is 0 Å². The number of nitrogens with one attached hydrogen (secondary N) is 1. The minimum absolute atomic E-state index is 0.770. The third-order valence-corrected chi connectivity index (χ3v) is 4.66. The predicted octanol–water partition coefficient (Wildman–Crippen LogP) is 2.76. The van der Waals surface area contributed by atoms with Crippen LogP contribution in [-0.2, 0) is 0 Å². The van der Waals surface area contributed by atoms with Crippen molar-refractivity contribution >= 4 is 11.8 Å². The monoisotopic (exact) mass is 201 g/mol. The Kier molecular flexibility index (Phi) is 4.60. The van der Waals surface area contributed by atoms with Gasteiger partial charge in [-0.3, -0.25) is 0 Å². The van der Waals surface area contributed by atoms with E-state index in [2.05, 4.69) is 44.9 Å². The topological polar surface area (TPSA) is 12.0 Å². The molecule has 0 saturated heterocycles. The van der Waals surface area contributed by atoms with Crippen molar-refractivity contribution in [3.63, 3.8) is 0 Å². The quantitative estimate of drug-likeness (QED) is 0.709. The van der Waals surface area contributed by atoms with Crippen LogP contribution in [0.4, 0.5) is 0 Å². The number of hydrogen-bond donors (Lipinski definition) is 1. The molecule has 0 radical (unpaired) electrons. The van der Waals surface area contributed by atoms with Gasteiger partial charge in [0.1, 0.15) is 0 Å². The lowest BCUT2D eigenvalue weighted by molar-refractivity contribution is 0.550. The van der Waals surface area contributed by atoms with E-state index in [1.165, 1.54) is 18.6 Å². The van der Waals surface area contributed by atoms with Gasteiger partial charge in [-0.1, -0.05) is 20.8 Å². The van der Waals surface area contributed by atoms with Gasteiger partial charge in [0.05, 0.1) is 0 Å². The van der Waals surface area contributed by atoms with E-state index < -0.39 is 0 Å². The molecule has 1 N–H and O–H groups in total. The van der Waals surface area contributed by atoms with Crippen LogP contribution in [0.2, 0.25) is 0 Å². The van der Waals surface area contributed by atoms with Crippen LogP contribution in [0.5, 0.6) is 0 Å². The second-order valence-corrected chi connectivity index (χ2v) is 5.93. The van der Waals surface area contributed by atoms with Crippen molar-refractivity contribution < 1.29 is 0 Å². The van der Waals surface area contributed by atoms with Crippen molar-refractivity contribution in [3.8, 4) is 0 Å². The molecule has 0 aromatic rings. The first-order chi connectivity index (χ1) is 6.15. The Balaban J connectivity index is 2.15. The summed E-state index contributed by atoms with van der Waals surface area (Å²) < 4.78 is 0. The maximum absolute atomic E-state index is 3.44. The molecule has 2 unspecified atom stereocenters. The second-order valence-electron chi connectivity index (χ2n) is 4.52. The molecule has 13 heavy (non-hydrogen) atoms. The van der Waals surface area contributed by atoms with E-state index in [1.807, 2.05) is 0 Å². The highest BCUT2D eigenvalue weighted by Gasteiger charge is 2.30. The summed E-state index contributed by atoms with van der Waals surface area (Å²) in [5, 5.41) is 4.24. The molecule has 0 bridgehead atoms. The zero-order valence-corrected chi connectivity index (χ0v) is 10.2. The highest BCUT2D eigenvalue weighted by Crippen LogP contribution is 2.34. The van der Waals surface area contributed by atoms with Gasteiger partial charge < -0.3 is 5.32 Å². The van der Waals surface area contributed by atoms with E-state index in [9.17, 15) is 0 Å². The Morgan fingerprint density at radius 3 is 2.31 bits per heavy atom. The van der Waals surface area contributed by atoms with Gasteiger partial charge in [-0.15, -0.1) is 0 Å². The average Bonchev–Trinajstić information content (AvgIpc) is 2.88. The van der Waals surface area contributed by atoms with Crippen LogP contribution in [0.15, 0.2) is 0 Å². The maximum Gasteiger partial charge on any atom is 0.0183 e. The van der Waals surface area contributed by atoms with Gasteiger partial charge in [0.25, 0.3) is 0 Å². The third kappa shape index (κ3) is 3.90. The van der Waals surface area contributed by atoms with E-state index in [4.69, 9.17) is 0 Å². The van der Waals surface area contributed by atoms with Gasteiger partial charge in [0.2, 0.25) is 0 Å². The molecule has 0 aliphatic heterocycles. The fourth-order valence-electron chi connectivity index (χ4n) is 1.40. The van der Waals surface area contributed by atoms with Gasteiger partial charge in [0.15, 0.2) is 0 Å². The summed E-state index contributed by atoms with van der Waals surface area (Å²) >= 11 is 2.12. The molecule has 2 heteroatoms. The highest BCUT2D eigenvalue weighted by atomic mass is 32.2. The predicted molar refractivity (Wildman–Crippen MR) is 62.3 cm³/mol. The minimum Gasteiger partial charge on any atom is -0.316 e. The Hall–Kier alpha value is 0.310. The molecule has 0 spiro atoms. The Bertz CT molecular complexity index is 143. The first kappa shape index (κ1) is 11.4. The zero-order valence-electron chi connectivity index (χ0n) is 9.34. The van der Waals surface area contributed by atoms with Gasteiger partial charge in [-0.05, 0) is 31.7 Å². The van der Waals surface area contributed by atoms with Crippen molar-refractivity contribution in [3.05, 3.63) is 0 Å². The van der Waals surface area contributed by atoms with Crippen LogP contribution in [0, 0.1) is 11.8 Å². The van der Waals surface area contributed by atoms with E-state index >= 15 is 0 Å². The molecule has 0 amide bonds. The van der Waals surface area contributed by atoms with Crippen molar-refractivity contribution in [2.75, 3.05) is 12.8 Å². The fourth-order valence-corrected chi connectivity index (χ4v) is 2.74. The number of hydrogen-bond acceptors (Lipinski definition) is 2. The number of thioether (sulfide) groups is 1. The largest absolute Gasteiger partial charge is 0.316 e. The molecule has 1 fully saturated rings.